The van der Waals surface area contributed by atoms with Crippen LogP contribution in [-0.2, 0) is 20.7 Å². The second-order valence-electron chi connectivity index (χ2n) is 6.22. The van der Waals surface area contributed by atoms with Gasteiger partial charge >= 0.3 is 5.97 Å². The van der Waals surface area contributed by atoms with Gasteiger partial charge in [-0.05, 0) is 31.9 Å². The molecule has 1 N–H and O–H groups in total. The molecule has 0 radical (unpaired) electrons. The van der Waals surface area contributed by atoms with Crippen LogP contribution in [0.2, 0.25) is 0 Å². The summed E-state index contributed by atoms with van der Waals surface area (Å²) in [6.45, 7) is 3.41. The van der Waals surface area contributed by atoms with Gasteiger partial charge in [-0.2, -0.15) is 0 Å². The Morgan fingerprint density at radius 3 is 2.69 bits per heavy atom. The average molecular weight is 373 g/mol. The second kappa shape index (κ2) is 8.80. The van der Waals surface area contributed by atoms with Crippen molar-refractivity contribution in [2.75, 3.05) is 25.0 Å². The lowest BCUT2D eigenvalue weighted by Gasteiger charge is -2.30. The van der Waals surface area contributed by atoms with Crippen LogP contribution in [0.5, 0.6) is 0 Å². The van der Waals surface area contributed by atoms with E-state index in [2.05, 4.69) is 10.3 Å². The number of piperidine rings is 1. The normalized spacial score (nSPS) is 14.9. The van der Waals surface area contributed by atoms with Crippen molar-refractivity contribution in [1.82, 2.24) is 9.88 Å². The highest BCUT2D eigenvalue weighted by Crippen LogP contribution is 2.23. The van der Waals surface area contributed by atoms with E-state index in [-0.39, 0.29) is 24.2 Å². The van der Waals surface area contributed by atoms with Crippen molar-refractivity contribution in [2.45, 2.75) is 26.2 Å². The van der Waals surface area contributed by atoms with Gasteiger partial charge in [0.2, 0.25) is 5.91 Å². The van der Waals surface area contributed by atoms with Crippen LogP contribution in [0.4, 0.5) is 10.8 Å². The van der Waals surface area contributed by atoms with Crippen LogP contribution in [0, 0.1) is 5.92 Å². The van der Waals surface area contributed by atoms with E-state index in [0.717, 1.165) is 16.5 Å². The molecule has 1 aromatic heterocycles. The van der Waals surface area contributed by atoms with Crippen LogP contribution in [0.3, 0.4) is 0 Å². The molecule has 0 atom stereocenters. The first kappa shape index (κ1) is 18.4. The Hall–Kier alpha value is -2.41. The van der Waals surface area contributed by atoms with Crippen molar-refractivity contribution in [1.29, 1.82) is 0 Å². The number of anilines is 2. The molecule has 1 fully saturated rings. The number of amides is 1. The lowest BCUT2D eigenvalue weighted by atomic mass is 9.97. The number of carbonyl (C=O) groups is 2. The highest BCUT2D eigenvalue weighted by atomic mass is 32.1. The van der Waals surface area contributed by atoms with E-state index >= 15 is 0 Å². The molecular formula is C19H23N3O3S. The van der Waals surface area contributed by atoms with E-state index in [0.29, 0.717) is 32.5 Å². The Kier molecular flexibility index (Phi) is 6.22. The summed E-state index contributed by atoms with van der Waals surface area (Å²) < 4.78 is 5.07. The number of aromatic nitrogens is 1. The maximum Gasteiger partial charge on any atom is 0.309 e. The van der Waals surface area contributed by atoms with Gasteiger partial charge in [-0.15, -0.1) is 11.3 Å². The van der Waals surface area contributed by atoms with Crippen LogP contribution < -0.4 is 5.32 Å². The largest absolute Gasteiger partial charge is 0.466 e. The van der Waals surface area contributed by atoms with Crippen molar-refractivity contribution in [3.05, 3.63) is 41.4 Å². The fraction of sp³-hybridized carbons (Fsp3) is 0.421. The molecule has 0 saturated carbocycles. The first-order valence-electron chi connectivity index (χ1n) is 8.86. The summed E-state index contributed by atoms with van der Waals surface area (Å²) >= 11 is 1.49. The predicted molar refractivity (Wildman–Crippen MR) is 101 cm³/mol. The second-order valence-corrected chi connectivity index (χ2v) is 7.08. The van der Waals surface area contributed by atoms with Crippen molar-refractivity contribution < 1.29 is 14.3 Å². The summed E-state index contributed by atoms with van der Waals surface area (Å²) in [5.41, 5.74) is 1.74. The van der Waals surface area contributed by atoms with Gasteiger partial charge in [-0.25, -0.2) is 4.98 Å². The number of benzene rings is 1. The lowest BCUT2D eigenvalue weighted by Crippen LogP contribution is -2.41. The zero-order valence-corrected chi connectivity index (χ0v) is 15.6. The van der Waals surface area contributed by atoms with Gasteiger partial charge in [0.15, 0.2) is 5.13 Å². The third kappa shape index (κ3) is 4.82. The van der Waals surface area contributed by atoms with Crippen molar-refractivity contribution >= 4 is 34.0 Å². The molecule has 0 unspecified atom stereocenters. The lowest BCUT2D eigenvalue weighted by molar-refractivity contribution is -0.151. The number of esters is 1. The molecule has 6 nitrogen and oxygen atoms in total. The molecule has 0 aliphatic carbocycles. The Labute approximate surface area is 157 Å². The van der Waals surface area contributed by atoms with E-state index in [1.165, 1.54) is 11.3 Å². The van der Waals surface area contributed by atoms with Crippen LogP contribution in [0.15, 0.2) is 35.7 Å². The standard InChI is InChI=1S/C19H23N3O3S/c1-2-25-18(24)14-8-10-22(11-9-14)17(23)12-16-13-26-19(21-16)20-15-6-4-3-5-7-15/h3-7,13-14H,2,8-12H2,1H3,(H,20,21). The Morgan fingerprint density at radius 2 is 2.00 bits per heavy atom. The third-order valence-electron chi connectivity index (χ3n) is 4.38. The molecule has 1 aliphatic heterocycles. The summed E-state index contributed by atoms with van der Waals surface area (Å²) in [7, 11) is 0. The van der Waals surface area contributed by atoms with Gasteiger partial charge in [0.05, 0.1) is 24.6 Å². The molecule has 3 rings (SSSR count). The molecule has 0 bridgehead atoms. The summed E-state index contributed by atoms with van der Waals surface area (Å²) in [6.07, 6.45) is 1.63. The van der Waals surface area contributed by atoms with E-state index in [1.807, 2.05) is 47.5 Å². The topological polar surface area (TPSA) is 71.5 Å². The minimum absolute atomic E-state index is 0.0591. The van der Waals surface area contributed by atoms with Crippen LogP contribution >= 0.6 is 11.3 Å². The Balaban J connectivity index is 1.49. The molecular weight excluding hydrogens is 350 g/mol. The number of hydrogen-bond donors (Lipinski definition) is 1. The monoisotopic (exact) mass is 373 g/mol. The van der Waals surface area contributed by atoms with Crippen molar-refractivity contribution in [2.24, 2.45) is 5.92 Å². The van der Waals surface area contributed by atoms with E-state index in [4.69, 9.17) is 4.74 Å². The predicted octanol–water partition coefficient (Wildman–Crippen LogP) is 3.23. The maximum atomic E-state index is 12.5. The van der Waals surface area contributed by atoms with Crippen LogP contribution in [-0.4, -0.2) is 41.5 Å². The summed E-state index contributed by atoms with van der Waals surface area (Å²) in [5, 5.41) is 5.93. The van der Waals surface area contributed by atoms with Gasteiger partial charge < -0.3 is 15.0 Å². The molecule has 1 aromatic carbocycles. The average Bonchev–Trinajstić information content (AvgIpc) is 3.09. The first-order valence-corrected chi connectivity index (χ1v) is 9.74. The van der Waals surface area contributed by atoms with E-state index < -0.39 is 0 Å². The number of rotatable bonds is 6. The molecule has 138 valence electrons. The van der Waals surface area contributed by atoms with Gasteiger partial charge in [0.25, 0.3) is 0 Å². The number of hydrogen-bond acceptors (Lipinski definition) is 6. The number of thiazole rings is 1. The number of ether oxygens (including phenoxy) is 1. The van der Waals surface area contributed by atoms with E-state index in [1.54, 1.807) is 0 Å². The number of likely N-dealkylation sites (tertiary alicyclic amines) is 1. The van der Waals surface area contributed by atoms with Gasteiger partial charge in [-0.3, -0.25) is 9.59 Å². The number of nitrogens with zero attached hydrogens (tertiary/aromatic N) is 2. The van der Waals surface area contributed by atoms with E-state index in [9.17, 15) is 9.59 Å². The summed E-state index contributed by atoms with van der Waals surface area (Å²) in [4.78, 5) is 30.6. The molecule has 26 heavy (non-hydrogen) atoms. The van der Waals surface area contributed by atoms with Crippen molar-refractivity contribution in [3.8, 4) is 0 Å². The van der Waals surface area contributed by atoms with Crippen LogP contribution in [0.25, 0.3) is 0 Å². The highest BCUT2D eigenvalue weighted by molar-refractivity contribution is 7.13. The number of para-hydroxylation sites is 1. The molecule has 7 heteroatoms. The Morgan fingerprint density at radius 1 is 1.27 bits per heavy atom. The molecule has 0 spiro atoms. The third-order valence-corrected chi connectivity index (χ3v) is 5.18. The first-order chi connectivity index (χ1) is 12.7. The zero-order chi connectivity index (χ0) is 18.4. The maximum absolute atomic E-state index is 12.5. The minimum atomic E-state index is -0.143. The Bertz CT molecular complexity index is 739. The SMILES string of the molecule is CCOC(=O)C1CCN(C(=O)Cc2csc(Nc3ccccc3)n2)CC1. The molecule has 2 heterocycles. The van der Waals surface area contributed by atoms with Gasteiger partial charge in [0.1, 0.15) is 0 Å². The fourth-order valence-corrected chi connectivity index (χ4v) is 3.71. The number of carbonyl (C=O) groups excluding carboxylic acids is 2. The van der Waals surface area contributed by atoms with Crippen molar-refractivity contribution in [3.63, 3.8) is 0 Å². The molecule has 1 amide bonds. The molecule has 2 aromatic rings. The minimum Gasteiger partial charge on any atom is -0.466 e. The van der Waals surface area contributed by atoms with Gasteiger partial charge in [0, 0.05) is 24.2 Å². The zero-order valence-electron chi connectivity index (χ0n) is 14.8. The molecule has 1 saturated heterocycles. The number of nitrogens with one attached hydrogen (secondary N) is 1. The molecule has 1 aliphatic rings. The highest BCUT2D eigenvalue weighted by Gasteiger charge is 2.28. The summed E-state index contributed by atoms with van der Waals surface area (Å²) in [5.74, 6) is -0.167. The quantitative estimate of drug-likeness (QED) is 0.787. The fourth-order valence-electron chi connectivity index (χ4n) is 2.98. The summed E-state index contributed by atoms with van der Waals surface area (Å²) in [6, 6.07) is 9.82. The smallest absolute Gasteiger partial charge is 0.309 e. The van der Waals surface area contributed by atoms with Gasteiger partial charge in [-0.1, -0.05) is 18.2 Å². The van der Waals surface area contributed by atoms with Crippen LogP contribution in [0.1, 0.15) is 25.5 Å².